The van der Waals surface area contributed by atoms with E-state index in [0.29, 0.717) is 6.67 Å². The molecule has 1 aliphatic heterocycles. The molecule has 0 atom stereocenters. The van der Waals surface area contributed by atoms with Crippen molar-refractivity contribution < 1.29 is 0 Å². The summed E-state index contributed by atoms with van der Waals surface area (Å²) in [5, 5.41) is 0.273. The molecule has 2 aromatic heterocycles. The zero-order valence-electron chi connectivity index (χ0n) is 11.2. The van der Waals surface area contributed by atoms with Crippen molar-refractivity contribution in [3.63, 3.8) is 0 Å². The first-order valence-electron chi connectivity index (χ1n) is 6.82. The van der Waals surface area contributed by atoms with Crippen LogP contribution in [0.3, 0.4) is 0 Å². The van der Waals surface area contributed by atoms with Gasteiger partial charge in [-0.2, -0.15) is 4.98 Å². The van der Waals surface area contributed by atoms with Crippen LogP contribution in [-0.4, -0.2) is 32.5 Å². The number of likely N-dealkylation sites (tertiary alicyclic amines) is 1. The van der Waals surface area contributed by atoms with Gasteiger partial charge in [0.15, 0.2) is 0 Å². The van der Waals surface area contributed by atoms with Gasteiger partial charge in [-0.25, -0.2) is 0 Å². The highest BCUT2D eigenvalue weighted by Crippen LogP contribution is 2.08. The molecule has 104 valence electrons. The van der Waals surface area contributed by atoms with E-state index in [1.165, 1.54) is 23.5 Å². The van der Waals surface area contributed by atoms with Gasteiger partial charge in [0, 0.05) is 6.20 Å². The van der Waals surface area contributed by atoms with Crippen molar-refractivity contribution in [2.75, 3.05) is 13.1 Å². The van der Waals surface area contributed by atoms with E-state index in [-0.39, 0.29) is 16.5 Å². The third-order valence-electron chi connectivity index (χ3n) is 3.62. The molecule has 0 saturated carbocycles. The Morgan fingerprint density at radius 2 is 1.90 bits per heavy atom. The van der Waals surface area contributed by atoms with Gasteiger partial charge in [0.25, 0.3) is 11.1 Å². The van der Waals surface area contributed by atoms with Crippen LogP contribution in [0.1, 0.15) is 19.3 Å². The van der Waals surface area contributed by atoms with Gasteiger partial charge in [-0.3, -0.25) is 24.0 Å². The lowest BCUT2D eigenvalue weighted by atomic mass is 10.1. The Morgan fingerprint density at radius 3 is 2.70 bits per heavy atom. The van der Waals surface area contributed by atoms with Crippen LogP contribution in [-0.2, 0) is 6.67 Å². The summed E-state index contributed by atoms with van der Waals surface area (Å²) in [5.41, 5.74) is -0.490. The van der Waals surface area contributed by atoms with Crippen LogP contribution in [0, 0.1) is 0 Å². The number of hydrogen-bond acceptors (Lipinski definition) is 5. The number of fused-ring (bicyclic) bond motifs is 1. The summed E-state index contributed by atoms with van der Waals surface area (Å²) in [6.45, 7) is 2.41. The van der Waals surface area contributed by atoms with Gasteiger partial charge in [0.05, 0.1) is 12.1 Å². The molecule has 1 aliphatic rings. The number of pyridine rings is 1. The van der Waals surface area contributed by atoms with E-state index in [9.17, 15) is 9.59 Å². The maximum atomic E-state index is 12.4. The van der Waals surface area contributed by atoms with E-state index in [2.05, 4.69) is 14.9 Å². The Morgan fingerprint density at radius 1 is 1.10 bits per heavy atom. The van der Waals surface area contributed by atoms with Gasteiger partial charge in [-0.15, -0.1) is 0 Å². The molecule has 1 fully saturated rings. The van der Waals surface area contributed by atoms with Crippen LogP contribution in [0.2, 0.25) is 0 Å². The summed E-state index contributed by atoms with van der Waals surface area (Å²) < 4.78 is 1.47. The fourth-order valence-corrected chi connectivity index (χ4v) is 2.55. The highest BCUT2D eigenvalue weighted by Gasteiger charge is 2.12. The fourth-order valence-electron chi connectivity index (χ4n) is 2.55. The summed E-state index contributed by atoms with van der Waals surface area (Å²) in [7, 11) is 0. The largest absolute Gasteiger partial charge is 0.286 e. The van der Waals surface area contributed by atoms with Crippen LogP contribution in [0.15, 0.2) is 34.2 Å². The molecule has 0 aromatic carbocycles. The zero-order chi connectivity index (χ0) is 13.9. The van der Waals surface area contributed by atoms with Crippen LogP contribution in [0.25, 0.3) is 10.9 Å². The molecule has 0 N–H and O–H groups in total. The minimum absolute atomic E-state index is 0.187. The minimum atomic E-state index is -0.414. The summed E-state index contributed by atoms with van der Waals surface area (Å²) in [5.74, 6) is 0. The van der Waals surface area contributed by atoms with E-state index >= 15 is 0 Å². The molecule has 0 spiro atoms. The third-order valence-corrected chi connectivity index (χ3v) is 3.62. The minimum Gasteiger partial charge on any atom is -0.286 e. The van der Waals surface area contributed by atoms with Crippen molar-refractivity contribution in [2.24, 2.45) is 0 Å². The fraction of sp³-hybridized carbons (Fsp3) is 0.429. The van der Waals surface area contributed by atoms with Gasteiger partial charge >= 0.3 is 0 Å². The molecule has 6 heteroatoms. The molecule has 6 nitrogen and oxygen atoms in total. The van der Waals surface area contributed by atoms with Crippen molar-refractivity contribution in [3.05, 3.63) is 45.4 Å². The molecular formula is C14H16N4O2. The summed E-state index contributed by atoms with van der Waals surface area (Å²) in [6, 6.07) is 3.23. The van der Waals surface area contributed by atoms with Crippen LogP contribution < -0.4 is 11.1 Å². The Bertz CT molecular complexity index is 735. The number of nitrogens with zero attached hydrogens (tertiary/aromatic N) is 4. The molecule has 0 bridgehead atoms. The lowest BCUT2D eigenvalue weighted by Crippen LogP contribution is -2.35. The van der Waals surface area contributed by atoms with Crippen LogP contribution in [0.4, 0.5) is 0 Å². The van der Waals surface area contributed by atoms with Crippen molar-refractivity contribution in [2.45, 2.75) is 25.9 Å². The van der Waals surface area contributed by atoms with E-state index in [1.54, 1.807) is 12.1 Å². The maximum absolute atomic E-state index is 12.4. The molecule has 0 aliphatic carbocycles. The summed E-state index contributed by atoms with van der Waals surface area (Å²) in [4.78, 5) is 34.4. The quantitative estimate of drug-likeness (QED) is 0.800. The normalized spacial score (nSPS) is 16.4. The molecule has 1 saturated heterocycles. The average molecular weight is 272 g/mol. The molecule has 20 heavy (non-hydrogen) atoms. The number of aromatic nitrogens is 3. The second-order valence-corrected chi connectivity index (χ2v) is 5.04. The second-order valence-electron chi connectivity index (χ2n) is 5.04. The van der Waals surface area contributed by atoms with Crippen molar-refractivity contribution in [3.8, 4) is 0 Å². The summed E-state index contributed by atoms with van der Waals surface area (Å²) >= 11 is 0. The molecule has 0 amide bonds. The van der Waals surface area contributed by atoms with Gasteiger partial charge in [0.2, 0.25) is 0 Å². The lowest BCUT2D eigenvalue weighted by molar-refractivity contribution is 0.179. The van der Waals surface area contributed by atoms with Crippen LogP contribution in [0.5, 0.6) is 0 Å². The van der Waals surface area contributed by atoms with Crippen LogP contribution >= 0.6 is 0 Å². The molecule has 3 rings (SSSR count). The first-order valence-corrected chi connectivity index (χ1v) is 6.82. The average Bonchev–Trinajstić information content (AvgIpc) is 2.61. The third kappa shape index (κ3) is 2.46. The van der Waals surface area contributed by atoms with E-state index in [1.807, 2.05) is 0 Å². The monoisotopic (exact) mass is 272 g/mol. The van der Waals surface area contributed by atoms with Gasteiger partial charge in [-0.1, -0.05) is 6.42 Å². The molecule has 2 aromatic rings. The van der Waals surface area contributed by atoms with Crippen molar-refractivity contribution >= 4 is 10.9 Å². The first-order chi connectivity index (χ1) is 9.75. The predicted molar refractivity (Wildman–Crippen MR) is 75.5 cm³/mol. The Balaban J connectivity index is 2.08. The van der Waals surface area contributed by atoms with Gasteiger partial charge in [0.1, 0.15) is 11.8 Å². The van der Waals surface area contributed by atoms with Gasteiger partial charge in [-0.05, 0) is 38.1 Å². The molecular weight excluding hydrogens is 256 g/mol. The van der Waals surface area contributed by atoms with E-state index in [4.69, 9.17) is 0 Å². The van der Waals surface area contributed by atoms with Crippen molar-refractivity contribution in [1.29, 1.82) is 0 Å². The number of piperidine rings is 1. The first kappa shape index (κ1) is 12.9. The Kier molecular flexibility index (Phi) is 3.56. The van der Waals surface area contributed by atoms with E-state index < -0.39 is 5.56 Å². The van der Waals surface area contributed by atoms with Crippen molar-refractivity contribution in [1.82, 2.24) is 19.4 Å². The zero-order valence-corrected chi connectivity index (χ0v) is 11.2. The standard InChI is InChI=1S/C14H16N4O2/c19-13-11-5-4-6-15-12(11)14(20)18(9-16-13)10-17-7-2-1-3-8-17/h4-6,9H,1-3,7-8,10H2. The topological polar surface area (TPSA) is 68.1 Å². The maximum Gasteiger partial charge on any atom is 0.280 e. The van der Waals surface area contributed by atoms with E-state index in [0.717, 1.165) is 25.9 Å². The smallest absolute Gasteiger partial charge is 0.280 e. The molecule has 0 unspecified atom stereocenters. The number of hydrogen-bond donors (Lipinski definition) is 0. The summed E-state index contributed by atoms with van der Waals surface area (Å²) in [6.07, 6.45) is 6.39. The highest BCUT2D eigenvalue weighted by molar-refractivity contribution is 5.75. The highest BCUT2D eigenvalue weighted by atomic mass is 16.1. The number of rotatable bonds is 2. The lowest BCUT2D eigenvalue weighted by Gasteiger charge is -2.26. The second kappa shape index (κ2) is 5.50. The Labute approximate surface area is 115 Å². The molecule has 0 radical (unpaired) electrons. The SMILES string of the molecule is O=c1ncn(CN2CCCCC2)c(=O)c2ncccc12. The molecule has 3 heterocycles. The predicted octanol–water partition coefficient (Wildman–Crippen LogP) is 0.595. The van der Waals surface area contributed by atoms with Gasteiger partial charge < -0.3 is 0 Å². The Hall–Kier alpha value is -2.08.